The van der Waals surface area contributed by atoms with Crippen LogP contribution in [0.25, 0.3) is 0 Å². The molecule has 1 aliphatic carbocycles. The second kappa shape index (κ2) is 9.09. The Labute approximate surface area is 201 Å². The molecule has 8 heteroatoms. The van der Waals surface area contributed by atoms with Crippen LogP contribution in [-0.2, 0) is 22.0 Å². The molecule has 5 nitrogen and oxygen atoms in total. The molecule has 168 valence electrons. The van der Waals surface area contributed by atoms with E-state index in [1.165, 1.54) is 22.5 Å². The Kier molecular flexibility index (Phi) is 6.58. The number of halogens is 1. The van der Waals surface area contributed by atoms with E-state index in [9.17, 15) is 8.42 Å². The van der Waals surface area contributed by atoms with Gasteiger partial charge in [-0.1, -0.05) is 64.9 Å². The summed E-state index contributed by atoms with van der Waals surface area (Å²) in [6, 6.07) is 11.8. The lowest BCUT2D eigenvalue weighted by atomic mass is 9.75. The second-order valence-electron chi connectivity index (χ2n) is 8.19. The van der Waals surface area contributed by atoms with Gasteiger partial charge < -0.3 is 4.52 Å². The highest BCUT2D eigenvalue weighted by molar-refractivity contribution is 9.10. The number of hydrogen-bond acceptors (Lipinski definition) is 5. The Morgan fingerprint density at radius 3 is 2.56 bits per heavy atom. The average Bonchev–Trinajstić information content (AvgIpc) is 3.41. The first-order chi connectivity index (χ1) is 15.2. The van der Waals surface area contributed by atoms with Gasteiger partial charge in [0, 0.05) is 5.92 Å². The van der Waals surface area contributed by atoms with E-state index in [0.717, 1.165) is 18.4 Å². The van der Waals surface area contributed by atoms with Gasteiger partial charge in [0.2, 0.25) is 0 Å². The van der Waals surface area contributed by atoms with Crippen LogP contribution in [0.3, 0.4) is 0 Å². The summed E-state index contributed by atoms with van der Waals surface area (Å²) in [5.74, 6) is 0.288. The highest BCUT2D eigenvalue weighted by Crippen LogP contribution is 2.44. The molecule has 1 aromatic carbocycles. The molecule has 3 aromatic rings. The third-order valence-electron chi connectivity index (χ3n) is 5.75. The van der Waals surface area contributed by atoms with Crippen LogP contribution in [0.5, 0.6) is 0 Å². The van der Waals surface area contributed by atoms with Gasteiger partial charge in [-0.2, -0.15) is 4.72 Å². The molecule has 4 rings (SSSR count). The molecule has 1 N–H and O–H groups in total. The van der Waals surface area contributed by atoms with Crippen LogP contribution in [0.1, 0.15) is 35.9 Å². The molecular formula is C24H25BrN2O3S2. The summed E-state index contributed by atoms with van der Waals surface area (Å²) >= 11 is 4.77. The van der Waals surface area contributed by atoms with Crippen molar-refractivity contribution in [1.82, 2.24) is 9.88 Å². The van der Waals surface area contributed by atoms with Gasteiger partial charge in [-0.25, -0.2) is 8.42 Å². The number of rotatable bonds is 7. The quantitative estimate of drug-likeness (QED) is 0.401. The molecule has 0 radical (unpaired) electrons. The van der Waals surface area contributed by atoms with Crippen molar-refractivity contribution in [2.24, 2.45) is 5.92 Å². The largest absolute Gasteiger partial charge is 0.357 e. The lowest BCUT2D eigenvalue weighted by Gasteiger charge is -2.38. The van der Waals surface area contributed by atoms with Crippen LogP contribution in [0, 0.1) is 19.8 Å². The van der Waals surface area contributed by atoms with E-state index in [1.54, 1.807) is 17.5 Å². The van der Waals surface area contributed by atoms with Crippen LogP contribution in [0.2, 0.25) is 0 Å². The second-order valence-corrected chi connectivity index (χ2v) is 11.8. The van der Waals surface area contributed by atoms with Gasteiger partial charge in [0.25, 0.3) is 10.0 Å². The summed E-state index contributed by atoms with van der Waals surface area (Å²) in [4.78, 5) is 0. The van der Waals surface area contributed by atoms with Crippen LogP contribution in [0.15, 0.2) is 78.8 Å². The summed E-state index contributed by atoms with van der Waals surface area (Å²) in [7, 11) is -3.79. The molecule has 0 spiro atoms. The zero-order valence-electron chi connectivity index (χ0n) is 18.1. The minimum Gasteiger partial charge on any atom is -0.357 e. The van der Waals surface area contributed by atoms with Crippen LogP contribution >= 0.6 is 27.3 Å². The van der Waals surface area contributed by atoms with Gasteiger partial charge in [-0.15, -0.1) is 11.3 Å². The number of nitrogens with one attached hydrogen (secondary N) is 1. The predicted octanol–water partition coefficient (Wildman–Crippen LogP) is 6.05. The Morgan fingerprint density at radius 1 is 1.19 bits per heavy atom. The van der Waals surface area contributed by atoms with Gasteiger partial charge in [-0.05, 0) is 66.6 Å². The van der Waals surface area contributed by atoms with Crippen molar-refractivity contribution < 1.29 is 12.9 Å². The van der Waals surface area contributed by atoms with Crippen molar-refractivity contribution in [3.63, 3.8) is 0 Å². The van der Waals surface area contributed by atoms with E-state index < -0.39 is 15.6 Å². The van der Waals surface area contributed by atoms with Crippen LogP contribution in [0.4, 0.5) is 0 Å². The molecule has 0 fully saturated rings. The number of thiophene rings is 1. The number of hydrogen-bond donors (Lipinski definition) is 1. The van der Waals surface area contributed by atoms with E-state index in [1.807, 2.05) is 26.0 Å². The number of nitrogens with zero attached hydrogens (tertiary/aromatic N) is 1. The first kappa shape index (κ1) is 23.2. The zero-order valence-corrected chi connectivity index (χ0v) is 21.4. The van der Waals surface area contributed by atoms with Crippen LogP contribution < -0.4 is 4.72 Å². The van der Waals surface area contributed by atoms with E-state index in [-0.39, 0.29) is 10.1 Å². The zero-order chi connectivity index (χ0) is 22.9. The topological polar surface area (TPSA) is 72.2 Å². The van der Waals surface area contributed by atoms with Crippen molar-refractivity contribution in [1.29, 1.82) is 0 Å². The van der Waals surface area contributed by atoms with Crippen molar-refractivity contribution in [3.8, 4) is 0 Å². The number of benzene rings is 1. The fraction of sp³-hybridized carbons (Fsp3) is 0.292. The summed E-state index contributed by atoms with van der Waals surface area (Å²) in [6.07, 6.45) is 7.48. The molecule has 0 saturated heterocycles. The molecule has 2 aromatic heterocycles. The van der Waals surface area contributed by atoms with Crippen molar-refractivity contribution in [2.45, 2.75) is 43.4 Å². The number of aryl methyl sites for hydroxylation is 3. The first-order valence-corrected chi connectivity index (χ1v) is 13.5. The average molecular weight is 534 g/mol. The Morgan fingerprint density at radius 2 is 1.94 bits per heavy atom. The molecule has 0 bridgehead atoms. The minimum atomic E-state index is -3.79. The third kappa shape index (κ3) is 4.55. The Bertz CT molecular complexity index is 1260. The summed E-state index contributed by atoms with van der Waals surface area (Å²) in [6.45, 7) is 5.91. The fourth-order valence-electron chi connectivity index (χ4n) is 3.98. The lowest BCUT2D eigenvalue weighted by Crippen LogP contribution is -2.50. The maximum atomic E-state index is 13.4. The van der Waals surface area contributed by atoms with Gasteiger partial charge in [0.15, 0.2) is 5.76 Å². The number of sulfonamides is 1. The number of aromatic nitrogens is 1. The maximum Gasteiger partial charge on any atom is 0.251 e. The highest BCUT2D eigenvalue weighted by atomic mass is 79.9. The molecule has 2 atom stereocenters. The summed E-state index contributed by atoms with van der Waals surface area (Å²) in [5, 5.41) is 5.86. The Balaban J connectivity index is 1.77. The summed E-state index contributed by atoms with van der Waals surface area (Å²) in [5.41, 5.74) is 3.07. The monoisotopic (exact) mass is 532 g/mol. The lowest BCUT2D eigenvalue weighted by molar-refractivity contribution is 0.251. The van der Waals surface area contributed by atoms with Crippen molar-refractivity contribution in [2.75, 3.05) is 0 Å². The molecule has 2 heterocycles. The SMILES string of the molecule is CC1=CC(CCc2ccc(C)cc2)C(NS(=O)(=O)c2cccs2)(c2onc(C)c2Br)C=C1. The van der Waals surface area contributed by atoms with E-state index in [0.29, 0.717) is 15.9 Å². The van der Waals surface area contributed by atoms with Crippen molar-refractivity contribution in [3.05, 3.63) is 92.6 Å². The van der Waals surface area contributed by atoms with Gasteiger partial charge in [-0.3, -0.25) is 0 Å². The van der Waals surface area contributed by atoms with E-state index in [2.05, 4.69) is 63.1 Å². The Hall–Kier alpha value is -2.00. The standard InChI is InChI=1S/C24H25BrN2O3S2/c1-16-6-8-19(9-7-16)10-11-20-15-17(2)12-13-24(20,23-22(25)18(3)26-30-23)27-32(28,29)21-5-4-14-31-21/h4-9,12-15,20,27H,10-11H2,1-3H3. The predicted molar refractivity (Wildman–Crippen MR) is 131 cm³/mol. The molecule has 0 saturated carbocycles. The normalized spacial score (nSPS) is 21.0. The maximum absolute atomic E-state index is 13.4. The summed E-state index contributed by atoms with van der Waals surface area (Å²) < 4.78 is 36.4. The molecule has 0 aliphatic heterocycles. The van der Waals surface area contributed by atoms with Gasteiger partial charge in [0.1, 0.15) is 9.75 Å². The molecule has 1 aliphatic rings. The van der Waals surface area contributed by atoms with E-state index >= 15 is 0 Å². The smallest absolute Gasteiger partial charge is 0.251 e. The minimum absolute atomic E-state index is 0.174. The van der Waals surface area contributed by atoms with Crippen molar-refractivity contribution >= 4 is 37.3 Å². The first-order valence-electron chi connectivity index (χ1n) is 10.3. The molecule has 0 amide bonds. The number of allylic oxidation sites excluding steroid dienone is 2. The fourth-order valence-corrected chi connectivity index (χ4v) is 6.82. The molecule has 32 heavy (non-hydrogen) atoms. The van der Waals surface area contributed by atoms with Gasteiger partial charge >= 0.3 is 0 Å². The van der Waals surface area contributed by atoms with E-state index in [4.69, 9.17) is 4.52 Å². The van der Waals surface area contributed by atoms with Crippen LogP contribution in [-0.4, -0.2) is 13.6 Å². The molecule has 2 unspecified atom stereocenters. The van der Waals surface area contributed by atoms with Gasteiger partial charge in [0.05, 0.1) is 10.2 Å². The third-order valence-corrected chi connectivity index (χ3v) is 9.57. The molecular weight excluding hydrogens is 508 g/mol. The highest BCUT2D eigenvalue weighted by Gasteiger charge is 2.47.